The SMILES string of the molecule is CN(CC1CCC1)c1nccnc1Cl. The third-order valence-corrected chi connectivity index (χ3v) is 3.02. The fourth-order valence-corrected chi connectivity index (χ4v) is 1.97. The molecule has 1 aromatic heterocycles. The fraction of sp³-hybridized carbons (Fsp3) is 0.600. The molecule has 1 saturated carbocycles. The predicted octanol–water partition coefficient (Wildman–Crippen LogP) is 2.37. The van der Waals surface area contributed by atoms with Crippen LogP contribution in [-0.4, -0.2) is 23.6 Å². The van der Waals surface area contributed by atoms with E-state index >= 15 is 0 Å². The van der Waals surface area contributed by atoms with Crippen LogP contribution in [0.3, 0.4) is 0 Å². The van der Waals surface area contributed by atoms with Crippen LogP contribution in [0.2, 0.25) is 5.15 Å². The molecule has 3 nitrogen and oxygen atoms in total. The van der Waals surface area contributed by atoms with Crippen molar-refractivity contribution < 1.29 is 0 Å². The summed E-state index contributed by atoms with van der Waals surface area (Å²) in [4.78, 5) is 10.3. The molecule has 1 fully saturated rings. The van der Waals surface area contributed by atoms with Crippen LogP contribution >= 0.6 is 11.6 Å². The summed E-state index contributed by atoms with van der Waals surface area (Å²) in [6.07, 6.45) is 7.33. The first-order chi connectivity index (χ1) is 6.77. The number of hydrogen-bond acceptors (Lipinski definition) is 3. The number of aromatic nitrogens is 2. The van der Waals surface area contributed by atoms with Crippen LogP contribution in [0.5, 0.6) is 0 Å². The van der Waals surface area contributed by atoms with E-state index in [9.17, 15) is 0 Å². The molecule has 0 atom stereocenters. The minimum absolute atomic E-state index is 0.495. The van der Waals surface area contributed by atoms with E-state index in [0.717, 1.165) is 18.3 Å². The molecule has 1 aliphatic carbocycles. The Morgan fingerprint density at radius 3 is 2.71 bits per heavy atom. The molecule has 2 rings (SSSR count). The van der Waals surface area contributed by atoms with Gasteiger partial charge in [0.05, 0.1) is 0 Å². The van der Waals surface area contributed by atoms with Crippen molar-refractivity contribution in [1.82, 2.24) is 9.97 Å². The standard InChI is InChI=1S/C10H14ClN3/c1-14(7-8-3-2-4-8)10-9(11)12-5-6-13-10/h5-6,8H,2-4,7H2,1H3. The van der Waals surface area contributed by atoms with Gasteiger partial charge < -0.3 is 4.90 Å². The number of hydrogen-bond donors (Lipinski definition) is 0. The molecule has 0 spiro atoms. The lowest BCUT2D eigenvalue weighted by atomic mass is 9.85. The lowest BCUT2D eigenvalue weighted by Crippen LogP contribution is -2.30. The van der Waals surface area contributed by atoms with E-state index in [0.29, 0.717) is 5.15 Å². The van der Waals surface area contributed by atoms with Gasteiger partial charge in [0.1, 0.15) is 0 Å². The Morgan fingerprint density at radius 2 is 2.14 bits per heavy atom. The van der Waals surface area contributed by atoms with Gasteiger partial charge in [-0.1, -0.05) is 18.0 Å². The molecular weight excluding hydrogens is 198 g/mol. The van der Waals surface area contributed by atoms with E-state index < -0.39 is 0 Å². The van der Waals surface area contributed by atoms with Crippen molar-refractivity contribution in [2.75, 3.05) is 18.5 Å². The summed E-state index contributed by atoms with van der Waals surface area (Å²) in [6.45, 7) is 1.04. The number of anilines is 1. The highest BCUT2D eigenvalue weighted by Gasteiger charge is 2.20. The van der Waals surface area contributed by atoms with Gasteiger partial charge in [0.15, 0.2) is 11.0 Å². The number of halogens is 1. The molecule has 0 bridgehead atoms. The minimum Gasteiger partial charge on any atom is -0.357 e. The van der Waals surface area contributed by atoms with E-state index in [1.807, 2.05) is 7.05 Å². The van der Waals surface area contributed by atoms with E-state index in [1.165, 1.54) is 19.3 Å². The third kappa shape index (κ3) is 1.98. The molecular formula is C10H14ClN3. The molecule has 1 heterocycles. The third-order valence-electron chi connectivity index (χ3n) is 2.75. The molecule has 0 aliphatic heterocycles. The van der Waals surface area contributed by atoms with E-state index in [-0.39, 0.29) is 0 Å². The zero-order chi connectivity index (χ0) is 9.97. The second kappa shape index (κ2) is 4.13. The second-order valence-corrected chi connectivity index (χ2v) is 4.21. The van der Waals surface area contributed by atoms with Crippen molar-refractivity contribution in [3.05, 3.63) is 17.5 Å². The summed E-state index contributed by atoms with van der Waals surface area (Å²) in [5, 5.41) is 0.495. The number of nitrogens with zero attached hydrogens (tertiary/aromatic N) is 3. The van der Waals surface area contributed by atoms with Crippen LogP contribution in [-0.2, 0) is 0 Å². The van der Waals surface area contributed by atoms with Crippen molar-refractivity contribution in [2.45, 2.75) is 19.3 Å². The summed E-state index contributed by atoms with van der Waals surface area (Å²) in [7, 11) is 2.02. The van der Waals surface area contributed by atoms with E-state index in [2.05, 4.69) is 14.9 Å². The van der Waals surface area contributed by atoms with Gasteiger partial charge in [-0.15, -0.1) is 0 Å². The van der Waals surface area contributed by atoms with Crippen LogP contribution in [0.4, 0.5) is 5.82 Å². The lowest BCUT2D eigenvalue weighted by molar-refractivity contribution is 0.321. The maximum Gasteiger partial charge on any atom is 0.171 e. The van der Waals surface area contributed by atoms with Gasteiger partial charge in [-0.05, 0) is 18.8 Å². The quantitative estimate of drug-likeness (QED) is 0.769. The van der Waals surface area contributed by atoms with Gasteiger partial charge in [0.25, 0.3) is 0 Å². The Kier molecular flexibility index (Phi) is 2.87. The van der Waals surface area contributed by atoms with Gasteiger partial charge in [-0.3, -0.25) is 0 Å². The Hall–Kier alpha value is -0.830. The van der Waals surface area contributed by atoms with E-state index in [1.54, 1.807) is 12.4 Å². The summed E-state index contributed by atoms with van der Waals surface area (Å²) >= 11 is 5.95. The lowest BCUT2D eigenvalue weighted by Gasteiger charge is -2.30. The Bertz CT molecular complexity index is 312. The van der Waals surface area contributed by atoms with Crippen LogP contribution < -0.4 is 4.90 Å². The van der Waals surface area contributed by atoms with Crippen LogP contribution in [0, 0.1) is 5.92 Å². The number of rotatable bonds is 3. The molecule has 0 amide bonds. The van der Waals surface area contributed by atoms with Crippen molar-refractivity contribution in [2.24, 2.45) is 5.92 Å². The first-order valence-electron chi connectivity index (χ1n) is 4.95. The van der Waals surface area contributed by atoms with Gasteiger partial charge in [0.2, 0.25) is 0 Å². The average molecular weight is 212 g/mol. The topological polar surface area (TPSA) is 29.0 Å². The van der Waals surface area contributed by atoms with Crippen molar-refractivity contribution >= 4 is 17.4 Å². The molecule has 0 N–H and O–H groups in total. The maximum absolute atomic E-state index is 5.95. The summed E-state index contributed by atoms with van der Waals surface area (Å²) < 4.78 is 0. The van der Waals surface area contributed by atoms with Crippen LogP contribution in [0.1, 0.15) is 19.3 Å². The van der Waals surface area contributed by atoms with Gasteiger partial charge >= 0.3 is 0 Å². The normalized spacial score (nSPS) is 16.4. The largest absolute Gasteiger partial charge is 0.357 e. The highest BCUT2D eigenvalue weighted by atomic mass is 35.5. The van der Waals surface area contributed by atoms with Crippen molar-refractivity contribution in [3.8, 4) is 0 Å². The average Bonchev–Trinajstić information content (AvgIpc) is 2.12. The first kappa shape index (κ1) is 9.71. The zero-order valence-corrected chi connectivity index (χ0v) is 9.04. The molecule has 0 radical (unpaired) electrons. The maximum atomic E-state index is 5.95. The van der Waals surface area contributed by atoms with Crippen molar-refractivity contribution in [1.29, 1.82) is 0 Å². The first-order valence-corrected chi connectivity index (χ1v) is 5.33. The Balaban J connectivity index is 2.02. The zero-order valence-electron chi connectivity index (χ0n) is 8.28. The summed E-state index contributed by atoms with van der Waals surface area (Å²) in [6, 6.07) is 0. The monoisotopic (exact) mass is 211 g/mol. The minimum atomic E-state index is 0.495. The Labute approximate surface area is 89.1 Å². The van der Waals surface area contributed by atoms with E-state index in [4.69, 9.17) is 11.6 Å². The molecule has 14 heavy (non-hydrogen) atoms. The summed E-state index contributed by atoms with van der Waals surface area (Å²) in [5.74, 6) is 1.61. The second-order valence-electron chi connectivity index (χ2n) is 3.85. The molecule has 1 aliphatic rings. The predicted molar refractivity (Wildman–Crippen MR) is 57.7 cm³/mol. The fourth-order valence-electron chi connectivity index (χ4n) is 1.72. The molecule has 4 heteroatoms. The van der Waals surface area contributed by atoms with Gasteiger partial charge in [-0.25, -0.2) is 9.97 Å². The summed E-state index contributed by atoms with van der Waals surface area (Å²) in [5.41, 5.74) is 0. The molecule has 0 aromatic carbocycles. The molecule has 0 saturated heterocycles. The van der Waals surface area contributed by atoms with Gasteiger partial charge in [-0.2, -0.15) is 0 Å². The van der Waals surface area contributed by atoms with Crippen LogP contribution in [0.15, 0.2) is 12.4 Å². The van der Waals surface area contributed by atoms with Crippen molar-refractivity contribution in [3.63, 3.8) is 0 Å². The molecule has 0 unspecified atom stereocenters. The highest BCUT2D eigenvalue weighted by Crippen LogP contribution is 2.29. The smallest absolute Gasteiger partial charge is 0.171 e. The Morgan fingerprint density at radius 1 is 1.43 bits per heavy atom. The molecule has 76 valence electrons. The highest BCUT2D eigenvalue weighted by molar-refractivity contribution is 6.31. The van der Waals surface area contributed by atoms with Crippen LogP contribution in [0.25, 0.3) is 0 Å². The molecule has 1 aromatic rings. The van der Waals surface area contributed by atoms with Gasteiger partial charge in [0, 0.05) is 26.0 Å².